The van der Waals surface area contributed by atoms with Gasteiger partial charge in [-0.25, -0.2) is 4.39 Å². The first-order valence-electron chi connectivity index (χ1n) is 6.61. The van der Waals surface area contributed by atoms with Gasteiger partial charge in [-0.1, -0.05) is 12.1 Å². The summed E-state index contributed by atoms with van der Waals surface area (Å²) in [7, 11) is 2.04. The minimum atomic E-state index is -0.246. The van der Waals surface area contributed by atoms with Crippen molar-refractivity contribution in [1.82, 2.24) is 15.1 Å². The standard InChI is InChI=1S/C14H18FN3O/c1-17-8-12-6-16-7-14(19)18(12)13(9-17)10-3-2-4-11(15)5-10/h2-5,12-13,16H,6-9H2,1H3. The van der Waals surface area contributed by atoms with Gasteiger partial charge < -0.3 is 15.1 Å². The van der Waals surface area contributed by atoms with Gasteiger partial charge in [-0.15, -0.1) is 0 Å². The van der Waals surface area contributed by atoms with Gasteiger partial charge in [0.2, 0.25) is 5.91 Å². The molecule has 5 heteroatoms. The zero-order chi connectivity index (χ0) is 13.4. The molecule has 3 rings (SSSR count). The molecule has 0 aromatic heterocycles. The molecule has 0 bridgehead atoms. The number of hydrogen-bond acceptors (Lipinski definition) is 3. The third kappa shape index (κ3) is 2.35. The average molecular weight is 263 g/mol. The molecular weight excluding hydrogens is 245 g/mol. The lowest BCUT2D eigenvalue weighted by molar-refractivity contribution is -0.142. The van der Waals surface area contributed by atoms with E-state index in [2.05, 4.69) is 10.2 Å². The van der Waals surface area contributed by atoms with E-state index in [0.717, 1.165) is 25.2 Å². The Hall–Kier alpha value is -1.46. The molecule has 2 heterocycles. The third-order valence-electron chi connectivity index (χ3n) is 3.91. The molecule has 0 saturated carbocycles. The van der Waals surface area contributed by atoms with Crippen LogP contribution in [0.4, 0.5) is 4.39 Å². The minimum absolute atomic E-state index is 0.0472. The summed E-state index contributed by atoms with van der Waals surface area (Å²) in [6.07, 6.45) is 0. The lowest BCUT2D eigenvalue weighted by atomic mass is 9.97. The predicted octanol–water partition coefficient (Wildman–Crippen LogP) is 0.613. The highest BCUT2D eigenvalue weighted by molar-refractivity contribution is 5.80. The van der Waals surface area contributed by atoms with Crippen LogP contribution in [-0.4, -0.2) is 55.0 Å². The first-order chi connectivity index (χ1) is 9.15. The summed E-state index contributed by atoms with van der Waals surface area (Å²) in [5, 5.41) is 3.15. The second-order valence-corrected chi connectivity index (χ2v) is 5.38. The molecule has 19 heavy (non-hydrogen) atoms. The van der Waals surface area contributed by atoms with Crippen molar-refractivity contribution in [2.24, 2.45) is 0 Å². The van der Waals surface area contributed by atoms with Crippen LogP contribution in [0.5, 0.6) is 0 Å². The van der Waals surface area contributed by atoms with E-state index in [1.54, 1.807) is 6.07 Å². The summed E-state index contributed by atoms with van der Waals surface area (Å²) in [6, 6.07) is 6.71. The fourth-order valence-corrected chi connectivity index (χ4v) is 3.12. The van der Waals surface area contributed by atoms with Crippen LogP contribution in [0.1, 0.15) is 11.6 Å². The lowest BCUT2D eigenvalue weighted by Gasteiger charge is -2.48. The quantitative estimate of drug-likeness (QED) is 0.806. The monoisotopic (exact) mass is 263 g/mol. The molecule has 0 aliphatic carbocycles. The molecule has 2 aliphatic rings. The van der Waals surface area contributed by atoms with Crippen LogP contribution in [-0.2, 0) is 4.79 Å². The second kappa shape index (κ2) is 4.90. The fourth-order valence-electron chi connectivity index (χ4n) is 3.12. The summed E-state index contributed by atoms with van der Waals surface area (Å²) < 4.78 is 13.4. The van der Waals surface area contributed by atoms with Gasteiger partial charge in [0.25, 0.3) is 0 Å². The summed E-state index contributed by atoms with van der Waals surface area (Å²) in [5.74, 6) is -0.136. The van der Waals surface area contributed by atoms with Crippen LogP contribution in [0.3, 0.4) is 0 Å². The van der Waals surface area contributed by atoms with Gasteiger partial charge in [0.1, 0.15) is 5.82 Å². The minimum Gasteiger partial charge on any atom is -0.328 e. The largest absolute Gasteiger partial charge is 0.328 e. The maximum Gasteiger partial charge on any atom is 0.237 e. The topological polar surface area (TPSA) is 35.6 Å². The fraction of sp³-hybridized carbons (Fsp3) is 0.500. The van der Waals surface area contributed by atoms with Crippen LogP contribution >= 0.6 is 0 Å². The van der Waals surface area contributed by atoms with E-state index in [1.165, 1.54) is 12.1 Å². The molecule has 2 fully saturated rings. The number of nitrogens with one attached hydrogen (secondary N) is 1. The van der Waals surface area contributed by atoms with Crippen LogP contribution in [0.15, 0.2) is 24.3 Å². The molecular formula is C14H18FN3O. The molecule has 1 amide bonds. The van der Waals surface area contributed by atoms with Gasteiger partial charge in [0.15, 0.2) is 0 Å². The van der Waals surface area contributed by atoms with E-state index in [9.17, 15) is 9.18 Å². The first-order valence-corrected chi connectivity index (χ1v) is 6.61. The number of nitrogens with zero attached hydrogens (tertiary/aromatic N) is 2. The van der Waals surface area contributed by atoms with Gasteiger partial charge >= 0.3 is 0 Å². The molecule has 0 spiro atoms. The normalized spacial score (nSPS) is 28.3. The van der Waals surface area contributed by atoms with E-state index in [-0.39, 0.29) is 23.8 Å². The third-order valence-corrected chi connectivity index (χ3v) is 3.91. The SMILES string of the molecule is CN1CC2CNCC(=O)N2C(c2cccc(F)c2)C1. The number of halogens is 1. The van der Waals surface area contributed by atoms with Crippen molar-refractivity contribution in [1.29, 1.82) is 0 Å². The number of benzene rings is 1. The molecule has 2 unspecified atom stereocenters. The van der Waals surface area contributed by atoms with Crippen molar-refractivity contribution in [2.45, 2.75) is 12.1 Å². The Kier molecular flexibility index (Phi) is 3.24. The Balaban J connectivity index is 1.95. The molecule has 2 atom stereocenters. The van der Waals surface area contributed by atoms with Crippen molar-refractivity contribution in [3.8, 4) is 0 Å². The van der Waals surface area contributed by atoms with E-state index >= 15 is 0 Å². The van der Waals surface area contributed by atoms with Crippen molar-refractivity contribution in [2.75, 3.05) is 33.2 Å². The smallest absolute Gasteiger partial charge is 0.237 e. The van der Waals surface area contributed by atoms with Crippen molar-refractivity contribution >= 4 is 5.91 Å². The van der Waals surface area contributed by atoms with Gasteiger partial charge in [0.05, 0.1) is 18.6 Å². The lowest BCUT2D eigenvalue weighted by Crippen LogP contribution is -2.63. The summed E-state index contributed by atoms with van der Waals surface area (Å²) >= 11 is 0. The molecule has 1 aromatic rings. The number of carbonyl (C=O) groups is 1. The number of hydrogen-bond donors (Lipinski definition) is 1. The Labute approximate surface area is 112 Å². The van der Waals surface area contributed by atoms with E-state index in [0.29, 0.717) is 6.54 Å². The van der Waals surface area contributed by atoms with E-state index < -0.39 is 0 Å². The molecule has 102 valence electrons. The van der Waals surface area contributed by atoms with Crippen LogP contribution in [0.25, 0.3) is 0 Å². The Morgan fingerprint density at radius 3 is 3.00 bits per heavy atom. The predicted molar refractivity (Wildman–Crippen MR) is 70.1 cm³/mol. The van der Waals surface area contributed by atoms with Gasteiger partial charge in [0, 0.05) is 19.6 Å². The van der Waals surface area contributed by atoms with Gasteiger partial charge in [-0.3, -0.25) is 4.79 Å². The Bertz CT molecular complexity index is 493. The van der Waals surface area contributed by atoms with E-state index in [4.69, 9.17) is 0 Å². The van der Waals surface area contributed by atoms with Crippen molar-refractivity contribution in [3.05, 3.63) is 35.6 Å². The van der Waals surface area contributed by atoms with Gasteiger partial charge in [-0.2, -0.15) is 0 Å². The number of rotatable bonds is 1. The maximum absolute atomic E-state index is 13.4. The summed E-state index contributed by atoms with van der Waals surface area (Å²) in [4.78, 5) is 16.3. The van der Waals surface area contributed by atoms with E-state index in [1.807, 2.05) is 18.0 Å². The highest BCUT2D eigenvalue weighted by atomic mass is 19.1. The number of piperazine rings is 2. The maximum atomic E-state index is 13.4. The molecule has 1 N–H and O–H groups in total. The Morgan fingerprint density at radius 1 is 1.37 bits per heavy atom. The summed E-state index contributed by atoms with van der Waals surface area (Å²) in [5.41, 5.74) is 0.881. The second-order valence-electron chi connectivity index (χ2n) is 5.38. The summed E-state index contributed by atoms with van der Waals surface area (Å²) in [6.45, 7) is 2.81. The van der Waals surface area contributed by atoms with Gasteiger partial charge in [-0.05, 0) is 24.7 Å². The highest BCUT2D eigenvalue weighted by Gasteiger charge is 2.39. The first kappa shape index (κ1) is 12.6. The number of likely N-dealkylation sites (N-methyl/N-ethyl adjacent to an activating group) is 1. The molecule has 2 aliphatic heterocycles. The highest BCUT2D eigenvalue weighted by Crippen LogP contribution is 2.29. The average Bonchev–Trinajstić information content (AvgIpc) is 2.37. The molecule has 2 saturated heterocycles. The molecule has 4 nitrogen and oxygen atoms in total. The van der Waals surface area contributed by atoms with Crippen molar-refractivity contribution in [3.63, 3.8) is 0 Å². The molecule has 1 aromatic carbocycles. The molecule has 0 radical (unpaired) electrons. The number of fused-ring (bicyclic) bond motifs is 1. The zero-order valence-electron chi connectivity index (χ0n) is 11.0. The van der Waals surface area contributed by atoms with Crippen molar-refractivity contribution < 1.29 is 9.18 Å². The van der Waals surface area contributed by atoms with Crippen LogP contribution in [0, 0.1) is 5.82 Å². The zero-order valence-corrected chi connectivity index (χ0v) is 11.0. The number of carbonyl (C=O) groups excluding carboxylic acids is 1. The van der Waals surface area contributed by atoms with Crippen LogP contribution in [0.2, 0.25) is 0 Å². The number of amides is 1. The Morgan fingerprint density at radius 2 is 2.21 bits per heavy atom. The van der Waals surface area contributed by atoms with Crippen LogP contribution < -0.4 is 5.32 Å².